The van der Waals surface area contributed by atoms with E-state index >= 15 is 0 Å². The minimum absolute atomic E-state index is 0.196. The van der Waals surface area contributed by atoms with Crippen LogP contribution in [0.25, 0.3) is 0 Å². The Hall–Kier alpha value is -1.69. The number of methoxy groups -OCH3 is 1. The molecular weight excluding hydrogens is 302 g/mol. The second-order valence-electron chi connectivity index (χ2n) is 5.43. The Labute approximate surface area is 136 Å². The summed E-state index contributed by atoms with van der Waals surface area (Å²) in [7, 11) is 1.62. The predicted octanol–water partition coefficient (Wildman–Crippen LogP) is 3.51. The van der Waals surface area contributed by atoms with E-state index in [1.807, 2.05) is 30.5 Å². The summed E-state index contributed by atoms with van der Waals surface area (Å²) in [6, 6.07) is 7.24. The fraction of sp³-hybridized carbons (Fsp3) is 0.500. The normalized spacial score (nSPS) is 10.2. The summed E-state index contributed by atoms with van der Waals surface area (Å²) < 4.78 is 9.59. The van der Waals surface area contributed by atoms with Gasteiger partial charge in [-0.05, 0) is 51.3 Å². The molecule has 1 aromatic carbocycles. The first-order valence-corrected chi connectivity index (χ1v) is 8.23. The maximum atomic E-state index is 11.5. The lowest BCUT2D eigenvalue weighted by Crippen LogP contribution is -2.27. The average Bonchev–Trinajstić information content (AvgIpc) is 2.43. The van der Waals surface area contributed by atoms with E-state index in [1.54, 1.807) is 39.6 Å². The molecule has 0 aliphatic carbocycles. The van der Waals surface area contributed by atoms with Crippen molar-refractivity contribution in [3.63, 3.8) is 0 Å². The third-order valence-electron chi connectivity index (χ3n) is 2.35. The molecule has 0 atom stereocenters. The molecule has 1 aromatic rings. The number of hydrogen-bond acceptors (Lipinski definition) is 5. The quantitative estimate of drug-likeness (QED) is 0.837. The summed E-state index contributed by atoms with van der Waals surface area (Å²) in [5.74, 6) is 1.86. The minimum Gasteiger partial charge on any atom is -0.497 e. The Morgan fingerprint density at radius 2 is 1.73 bits per heavy atom. The molecule has 0 aliphatic rings. The van der Waals surface area contributed by atoms with Gasteiger partial charge in [-0.2, -0.15) is 11.8 Å². The number of ether oxygens (including phenoxy) is 2. The summed E-state index contributed by atoms with van der Waals surface area (Å²) in [6.07, 6.45) is 1.88. The summed E-state index contributed by atoms with van der Waals surface area (Å²) in [5, 5.41) is 0. The number of carbonyl (C=O) groups is 2. The number of nitrogens with two attached hydrogens (primary N) is 1. The first-order valence-electron chi connectivity index (χ1n) is 6.84. The zero-order chi connectivity index (χ0) is 17.2. The number of amides is 1. The Morgan fingerprint density at radius 1 is 1.18 bits per heavy atom. The van der Waals surface area contributed by atoms with Gasteiger partial charge in [0, 0.05) is 17.7 Å². The zero-order valence-electron chi connectivity index (χ0n) is 13.8. The van der Waals surface area contributed by atoms with Crippen LogP contribution in [0.5, 0.6) is 5.75 Å². The van der Waals surface area contributed by atoms with E-state index < -0.39 is 11.7 Å². The zero-order valence-corrected chi connectivity index (χ0v) is 14.7. The fourth-order valence-corrected chi connectivity index (χ4v) is 1.81. The molecule has 0 aliphatic heterocycles. The first kappa shape index (κ1) is 20.3. The number of ketones is 1. The lowest BCUT2D eigenvalue weighted by atomic mass is 10.1. The molecule has 0 saturated heterocycles. The standard InChI is InChI=1S/C11H14O2S.C5H11NO2/c1-13-10-5-3-9(4-6-10)11(12)7-8-14-2;1-5(2,3)8-4(6)7/h3-6H,7-8H2,1-2H3;1-3H3,(H2,6,7). The molecule has 0 unspecified atom stereocenters. The summed E-state index contributed by atoms with van der Waals surface area (Å²) in [4.78, 5) is 21.6. The number of carbonyl (C=O) groups excluding carboxylic acids is 2. The van der Waals surface area contributed by atoms with Crippen LogP contribution in [0.1, 0.15) is 37.6 Å². The molecular formula is C16H25NO4S. The third-order valence-corrected chi connectivity index (χ3v) is 2.96. The summed E-state index contributed by atoms with van der Waals surface area (Å²) in [6.45, 7) is 5.28. The van der Waals surface area contributed by atoms with Crippen LogP contribution in [0.2, 0.25) is 0 Å². The van der Waals surface area contributed by atoms with Crippen molar-refractivity contribution in [3.8, 4) is 5.75 Å². The van der Waals surface area contributed by atoms with E-state index in [0.717, 1.165) is 17.1 Å². The van der Waals surface area contributed by atoms with Crippen LogP contribution in [0, 0.1) is 0 Å². The maximum absolute atomic E-state index is 11.5. The summed E-state index contributed by atoms with van der Waals surface area (Å²) >= 11 is 1.69. The molecule has 0 radical (unpaired) electrons. The monoisotopic (exact) mass is 327 g/mol. The first-order chi connectivity index (χ1) is 10.2. The van der Waals surface area contributed by atoms with Crippen LogP contribution in [-0.2, 0) is 4.74 Å². The van der Waals surface area contributed by atoms with E-state index in [9.17, 15) is 9.59 Å². The van der Waals surface area contributed by atoms with Gasteiger partial charge >= 0.3 is 6.09 Å². The van der Waals surface area contributed by atoms with E-state index in [0.29, 0.717) is 6.42 Å². The lowest BCUT2D eigenvalue weighted by Gasteiger charge is -2.16. The number of Topliss-reactive ketones (excluding diaryl/α,β-unsaturated/α-hetero) is 1. The van der Waals surface area contributed by atoms with Gasteiger partial charge in [-0.3, -0.25) is 4.79 Å². The van der Waals surface area contributed by atoms with Gasteiger partial charge in [0.1, 0.15) is 11.4 Å². The van der Waals surface area contributed by atoms with Gasteiger partial charge in [-0.25, -0.2) is 4.79 Å². The van der Waals surface area contributed by atoms with Crippen molar-refractivity contribution >= 4 is 23.6 Å². The number of benzene rings is 1. The van der Waals surface area contributed by atoms with Crippen LogP contribution in [-0.4, -0.2) is 36.6 Å². The Bertz CT molecular complexity index is 466. The molecule has 1 rings (SSSR count). The largest absolute Gasteiger partial charge is 0.497 e. The second kappa shape index (κ2) is 10.1. The topological polar surface area (TPSA) is 78.6 Å². The van der Waals surface area contributed by atoms with Crippen molar-refractivity contribution < 1.29 is 19.1 Å². The van der Waals surface area contributed by atoms with Crippen LogP contribution >= 0.6 is 11.8 Å². The van der Waals surface area contributed by atoms with Gasteiger partial charge in [0.15, 0.2) is 5.78 Å². The van der Waals surface area contributed by atoms with Crippen molar-refractivity contribution in [2.24, 2.45) is 5.73 Å². The van der Waals surface area contributed by atoms with E-state index in [4.69, 9.17) is 10.5 Å². The van der Waals surface area contributed by atoms with Crippen molar-refractivity contribution in [1.82, 2.24) is 0 Å². The number of thioether (sulfide) groups is 1. The molecule has 1 amide bonds. The molecule has 0 fully saturated rings. The molecule has 0 spiro atoms. The SMILES string of the molecule is CC(C)(C)OC(N)=O.COc1ccc(C(=O)CCSC)cc1. The van der Waals surface area contributed by atoms with Crippen LogP contribution in [0.3, 0.4) is 0 Å². The highest BCUT2D eigenvalue weighted by Gasteiger charge is 2.12. The molecule has 124 valence electrons. The molecule has 5 nitrogen and oxygen atoms in total. The van der Waals surface area contributed by atoms with Crippen molar-refractivity contribution in [3.05, 3.63) is 29.8 Å². The Kier molecular flexibility index (Phi) is 9.33. The fourth-order valence-electron chi connectivity index (χ4n) is 1.42. The van der Waals surface area contributed by atoms with Gasteiger partial charge in [0.25, 0.3) is 0 Å². The maximum Gasteiger partial charge on any atom is 0.405 e. The highest BCUT2D eigenvalue weighted by atomic mass is 32.2. The van der Waals surface area contributed by atoms with Gasteiger partial charge in [-0.1, -0.05) is 0 Å². The molecule has 2 N–H and O–H groups in total. The second-order valence-corrected chi connectivity index (χ2v) is 6.41. The Balaban J connectivity index is 0.000000472. The average molecular weight is 327 g/mol. The van der Waals surface area contributed by atoms with Crippen LogP contribution in [0.15, 0.2) is 24.3 Å². The molecule has 0 heterocycles. The highest BCUT2D eigenvalue weighted by molar-refractivity contribution is 7.98. The van der Waals surface area contributed by atoms with Crippen molar-refractivity contribution in [2.45, 2.75) is 32.8 Å². The highest BCUT2D eigenvalue weighted by Crippen LogP contribution is 2.13. The van der Waals surface area contributed by atoms with Crippen LogP contribution in [0.4, 0.5) is 4.79 Å². The molecule has 6 heteroatoms. The van der Waals surface area contributed by atoms with Gasteiger partial charge in [-0.15, -0.1) is 0 Å². The number of primary amides is 1. The minimum atomic E-state index is -0.725. The predicted molar refractivity (Wildman–Crippen MR) is 90.7 cm³/mol. The lowest BCUT2D eigenvalue weighted by molar-refractivity contribution is 0.0600. The van der Waals surface area contributed by atoms with Gasteiger partial charge in [0.05, 0.1) is 7.11 Å². The van der Waals surface area contributed by atoms with E-state index in [2.05, 4.69) is 4.74 Å². The van der Waals surface area contributed by atoms with Crippen molar-refractivity contribution in [2.75, 3.05) is 19.1 Å². The molecule has 0 saturated carbocycles. The van der Waals surface area contributed by atoms with E-state index in [1.165, 1.54) is 0 Å². The number of rotatable bonds is 5. The number of hydrogen-bond donors (Lipinski definition) is 1. The summed E-state index contributed by atoms with van der Waals surface area (Å²) in [5.41, 5.74) is 5.03. The van der Waals surface area contributed by atoms with Crippen LogP contribution < -0.4 is 10.5 Å². The smallest absolute Gasteiger partial charge is 0.405 e. The Morgan fingerprint density at radius 3 is 2.05 bits per heavy atom. The third kappa shape index (κ3) is 10.1. The van der Waals surface area contributed by atoms with Gasteiger partial charge < -0.3 is 15.2 Å². The molecule has 0 aromatic heterocycles. The molecule has 22 heavy (non-hydrogen) atoms. The van der Waals surface area contributed by atoms with E-state index in [-0.39, 0.29) is 5.78 Å². The van der Waals surface area contributed by atoms with Crippen molar-refractivity contribution in [1.29, 1.82) is 0 Å². The van der Waals surface area contributed by atoms with Gasteiger partial charge in [0.2, 0.25) is 0 Å². The molecule has 0 bridgehead atoms.